The maximum atomic E-state index is 11.3. The number of cyclic esters (lactones) is 1. The van der Waals surface area contributed by atoms with E-state index in [1.807, 2.05) is 6.92 Å². The van der Waals surface area contributed by atoms with E-state index < -0.39 is 0 Å². The van der Waals surface area contributed by atoms with Gasteiger partial charge in [-0.25, -0.2) is 0 Å². The summed E-state index contributed by atoms with van der Waals surface area (Å²) in [7, 11) is 0. The quantitative estimate of drug-likeness (QED) is 0.553. The second-order valence-corrected chi connectivity index (χ2v) is 5.66. The Kier molecular flexibility index (Phi) is 1.71. The van der Waals surface area contributed by atoms with Crippen LogP contribution in [0.3, 0.4) is 0 Å². The fourth-order valence-electron chi connectivity index (χ4n) is 4.09. The van der Waals surface area contributed by atoms with Gasteiger partial charge in [-0.2, -0.15) is 0 Å². The summed E-state index contributed by atoms with van der Waals surface area (Å²) in [6, 6.07) is 0. The second kappa shape index (κ2) is 2.74. The van der Waals surface area contributed by atoms with Gasteiger partial charge in [-0.3, -0.25) is 4.79 Å². The SMILES string of the molecule is CC1CC2(COC1=O)CC1CCC2C1. The van der Waals surface area contributed by atoms with Crippen molar-refractivity contribution in [1.82, 2.24) is 0 Å². The molecule has 78 valence electrons. The minimum atomic E-state index is 0.0263. The van der Waals surface area contributed by atoms with Crippen LogP contribution in [0.5, 0.6) is 0 Å². The van der Waals surface area contributed by atoms with Crippen molar-refractivity contribution in [2.45, 2.75) is 39.0 Å². The highest BCUT2D eigenvalue weighted by Gasteiger charge is 2.54. The lowest BCUT2D eigenvalue weighted by Crippen LogP contribution is -2.42. The Morgan fingerprint density at radius 2 is 2.21 bits per heavy atom. The fourth-order valence-corrected chi connectivity index (χ4v) is 4.09. The van der Waals surface area contributed by atoms with Crippen LogP contribution in [0.2, 0.25) is 0 Å². The van der Waals surface area contributed by atoms with E-state index in [2.05, 4.69) is 0 Å². The Morgan fingerprint density at radius 3 is 2.79 bits per heavy atom. The van der Waals surface area contributed by atoms with Gasteiger partial charge in [0.05, 0.1) is 12.5 Å². The van der Waals surface area contributed by atoms with Gasteiger partial charge in [0.2, 0.25) is 0 Å². The highest BCUT2D eigenvalue weighted by atomic mass is 16.5. The molecule has 2 aliphatic carbocycles. The monoisotopic (exact) mass is 194 g/mol. The van der Waals surface area contributed by atoms with Crippen LogP contribution in [0.15, 0.2) is 0 Å². The lowest BCUT2D eigenvalue weighted by molar-refractivity contribution is -0.164. The van der Waals surface area contributed by atoms with Gasteiger partial charge in [0.15, 0.2) is 0 Å². The maximum absolute atomic E-state index is 11.3. The first kappa shape index (κ1) is 8.75. The molecule has 1 saturated heterocycles. The molecule has 3 rings (SSSR count). The summed E-state index contributed by atoms with van der Waals surface area (Å²) in [6.45, 7) is 2.74. The zero-order valence-corrected chi connectivity index (χ0v) is 8.79. The Labute approximate surface area is 85.0 Å². The predicted molar refractivity (Wildman–Crippen MR) is 52.6 cm³/mol. The molecule has 14 heavy (non-hydrogen) atoms. The molecule has 2 saturated carbocycles. The first-order valence-electron chi connectivity index (χ1n) is 5.86. The molecule has 1 aliphatic heterocycles. The van der Waals surface area contributed by atoms with Crippen molar-refractivity contribution < 1.29 is 9.53 Å². The minimum Gasteiger partial charge on any atom is -0.465 e. The van der Waals surface area contributed by atoms with Gasteiger partial charge in [-0.05, 0) is 37.5 Å². The molecule has 0 aromatic heterocycles. The van der Waals surface area contributed by atoms with Crippen molar-refractivity contribution in [1.29, 1.82) is 0 Å². The van der Waals surface area contributed by atoms with Gasteiger partial charge in [0, 0.05) is 5.41 Å². The Hall–Kier alpha value is -0.530. The summed E-state index contributed by atoms with van der Waals surface area (Å²) in [6.07, 6.45) is 6.64. The number of esters is 1. The lowest BCUT2D eigenvalue weighted by Gasteiger charge is -2.42. The number of ether oxygens (including phenoxy) is 1. The third-order valence-electron chi connectivity index (χ3n) is 4.72. The number of hydrogen-bond donors (Lipinski definition) is 0. The van der Waals surface area contributed by atoms with E-state index in [9.17, 15) is 4.79 Å². The third-order valence-corrected chi connectivity index (χ3v) is 4.72. The number of carbonyl (C=O) groups is 1. The van der Waals surface area contributed by atoms with E-state index in [1.54, 1.807) is 0 Å². The van der Waals surface area contributed by atoms with E-state index in [4.69, 9.17) is 4.74 Å². The normalized spacial score (nSPS) is 51.2. The lowest BCUT2D eigenvalue weighted by atomic mass is 9.68. The van der Waals surface area contributed by atoms with Crippen LogP contribution in [0.4, 0.5) is 0 Å². The molecule has 3 aliphatic rings. The van der Waals surface area contributed by atoms with Gasteiger partial charge in [0.25, 0.3) is 0 Å². The predicted octanol–water partition coefficient (Wildman–Crippen LogP) is 2.38. The first-order valence-corrected chi connectivity index (χ1v) is 5.86. The van der Waals surface area contributed by atoms with Gasteiger partial charge in [0.1, 0.15) is 0 Å². The van der Waals surface area contributed by atoms with Gasteiger partial charge in [-0.15, -0.1) is 0 Å². The summed E-state index contributed by atoms with van der Waals surface area (Å²) < 4.78 is 5.34. The molecule has 4 atom stereocenters. The topological polar surface area (TPSA) is 26.3 Å². The minimum absolute atomic E-state index is 0.0263. The highest BCUT2D eigenvalue weighted by molar-refractivity contribution is 5.72. The van der Waals surface area contributed by atoms with Crippen molar-refractivity contribution in [3.05, 3.63) is 0 Å². The van der Waals surface area contributed by atoms with Crippen molar-refractivity contribution in [3.63, 3.8) is 0 Å². The molecule has 2 bridgehead atoms. The Balaban J connectivity index is 1.82. The second-order valence-electron chi connectivity index (χ2n) is 5.66. The summed E-state index contributed by atoms with van der Waals surface area (Å²) in [5, 5.41) is 0. The number of carbonyl (C=O) groups excluding carboxylic acids is 1. The van der Waals surface area contributed by atoms with Gasteiger partial charge in [-0.1, -0.05) is 13.3 Å². The molecule has 3 fully saturated rings. The van der Waals surface area contributed by atoms with Crippen molar-refractivity contribution in [2.75, 3.05) is 6.61 Å². The summed E-state index contributed by atoms with van der Waals surface area (Å²) in [5.41, 5.74) is 0.399. The van der Waals surface area contributed by atoms with E-state index >= 15 is 0 Å². The van der Waals surface area contributed by atoms with Crippen LogP contribution < -0.4 is 0 Å². The molecule has 0 N–H and O–H groups in total. The summed E-state index contributed by atoms with van der Waals surface area (Å²) >= 11 is 0. The number of fused-ring (bicyclic) bond motifs is 3. The van der Waals surface area contributed by atoms with E-state index in [1.165, 1.54) is 25.7 Å². The molecule has 0 aromatic carbocycles. The molecule has 1 spiro atoms. The Bertz CT molecular complexity index is 273. The first-order chi connectivity index (χ1) is 6.70. The largest absolute Gasteiger partial charge is 0.465 e. The van der Waals surface area contributed by atoms with Crippen LogP contribution in [0.1, 0.15) is 39.0 Å². The van der Waals surface area contributed by atoms with E-state index in [0.29, 0.717) is 5.41 Å². The average molecular weight is 194 g/mol. The molecular weight excluding hydrogens is 176 g/mol. The molecule has 2 nitrogen and oxygen atoms in total. The number of hydrogen-bond acceptors (Lipinski definition) is 2. The molecule has 2 heteroatoms. The number of rotatable bonds is 0. The van der Waals surface area contributed by atoms with Crippen LogP contribution in [0, 0.1) is 23.2 Å². The maximum Gasteiger partial charge on any atom is 0.308 e. The smallest absolute Gasteiger partial charge is 0.308 e. The standard InChI is InChI=1S/C12H18O2/c1-8-5-12(7-14-11(8)13)6-9-2-3-10(12)4-9/h8-10H,2-7H2,1H3. The molecule has 0 radical (unpaired) electrons. The molecule has 4 unspecified atom stereocenters. The van der Waals surface area contributed by atoms with Gasteiger partial charge < -0.3 is 4.74 Å². The van der Waals surface area contributed by atoms with Crippen LogP contribution in [-0.2, 0) is 9.53 Å². The van der Waals surface area contributed by atoms with Crippen LogP contribution >= 0.6 is 0 Å². The van der Waals surface area contributed by atoms with Crippen LogP contribution in [0.25, 0.3) is 0 Å². The summed E-state index contributed by atoms with van der Waals surface area (Å²) in [5.74, 6) is 1.98. The molecular formula is C12H18O2. The summed E-state index contributed by atoms with van der Waals surface area (Å²) in [4.78, 5) is 11.3. The zero-order chi connectivity index (χ0) is 9.76. The van der Waals surface area contributed by atoms with Crippen molar-refractivity contribution in [3.8, 4) is 0 Å². The van der Waals surface area contributed by atoms with E-state index in [0.717, 1.165) is 24.9 Å². The zero-order valence-electron chi connectivity index (χ0n) is 8.79. The van der Waals surface area contributed by atoms with Gasteiger partial charge >= 0.3 is 5.97 Å². The third kappa shape index (κ3) is 1.06. The molecule has 0 amide bonds. The Morgan fingerprint density at radius 1 is 1.36 bits per heavy atom. The fraction of sp³-hybridized carbons (Fsp3) is 0.917. The van der Waals surface area contributed by atoms with Crippen molar-refractivity contribution in [2.24, 2.45) is 23.2 Å². The van der Waals surface area contributed by atoms with E-state index in [-0.39, 0.29) is 11.9 Å². The van der Waals surface area contributed by atoms with Crippen molar-refractivity contribution >= 4 is 5.97 Å². The molecule has 0 aromatic rings. The highest BCUT2D eigenvalue weighted by Crippen LogP contribution is 2.59. The van der Waals surface area contributed by atoms with Crippen LogP contribution in [-0.4, -0.2) is 12.6 Å². The average Bonchev–Trinajstić information content (AvgIpc) is 2.72. The molecule has 1 heterocycles.